The van der Waals surface area contributed by atoms with Gasteiger partial charge in [-0.25, -0.2) is 0 Å². The Labute approximate surface area is 191 Å². The number of aliphatic hydroxyl groups is 1. The van der Waals surface area contributed by atoms with Crippen LogP contribution in [-0.2, 0) is 9.59 Å². The van der Waals surface area contributed by atoms with Crippen molar-refractivity contribution in [3.05, 3.63) is 107 Å². The molecule has 1 saturated heterocycles. The van der Waals surface area contributed by atoms with Gasteiger partial charge in [-0.1, -0.05) is 60.2 Å². The van der Waals surface area contributed by atoms with E-state index in [0.717, 1.165) is 21.9 Å². The lowest BCUT2D eigenvalue weighted by Crippen LogP contribution is -2.30. The van der Waals surface area contributed by atoms with E-state index in [-0.39, 0.29) is 11.3 Å². The van der Waals surface area contributed by atoms with Crippen LogP contribution in [0.3, 0.4) is 0 Å². The van der Waals surface area contributed by atoms with E-state index in [2.05, 4.69) is 0 Å². The molecule has 1 fully saturated rings. The second-order valence-corrected chi connectivity index (χ2v) is 8.43. The number of benzene rings is 3. The molecule has 1 atom stereocenters. The summed E-state index contributed by atoms with van der Waals surface area (Å²) in [5.41, 5.74) is 3.04. The Morgan fingerprint density at radius 3 is 2.39 bits per heavy atom. The number of fused-ring (bicyclic) bond motifs is 1. The third-order valence-corrected chi connectivity index (χ3v) is 6.13. The monoisotopic (exact) mass is 437 g/mol. The highest BCUT2D eigenvalue weighted by atomic mass is 16.3. The van der Waals surface area contributed by atoms with Crippen molar-refractivity contribution in [2.45, 2.75) is 26.8 Å². The Bertz CT molecular complexity index is 1450. The van der Waals surface area contributed by atoms with Crippen molar-refractivity contribution in [3.8, 4) is 0 Å². The van der Waals surface area contributed by atoms with E-state index in [1.807, 2.05) is 68.4 Å². The fourth-order valence-corrected chi connectivity index (χ4v) is 4.60. The molecule has 5 rings (SSSR count). The molecule has 164 valence electrons. The Balaban J connectivity index is 1.78. The standard InChI is InChI=1S/C28H23NO4/c1-16-11-13-22(17(2)15-16)29-25(23-14-12-18(3)33-23)24(27(31)28(29)32)26(30)21-10-6-8-19-7-4-5-9-20(19)21/h4-15,25,30H,1-3H3/b26-24-. The predicted octanol–water partition coefficient (Wildman–Crippen LogP) is 5.98. The van der Waals surface area contributed by atoms with Gasteiger partial charge in [0.2, 0.25) is 0 Å². The van der Waals surface area contributed by atoms with Gasteiger partial charge in [0, 0.05) is 11.3 Å². The summed E-state index contributed by atoms with van der Waals surface area (Å²) in [6, 6.07) is 21.5. The third kappa shape index (κ3) is 3.33. The van der Waals surface area contributed by atoms with E-state index in [9.17, 15) is 14.7 Å². The van der Waals surface area contributed by atoms with Gasteiger partial charge < -0.3 is 9.52 Å². The van der Waals surface area contributed by atoms with Crippen molar-refractivity contribution >= 4 is 33.9 Å². The summed E-state index contributed by atoms with van der Waals surface area (Å²) in [7, 11) is 0. The third-order valence-electron chi connectivity index (χ3n) is 6.13. The van der Waals surface area contributed by atoms with Crippen LogP contribution in [0.25, 0.3) is 16.5 Å². The van der Waals surface area contributed by atoms with E-state index in [1.165, 1.54) is 4.90 Å². The molecule has 0 radical (unpaired) electrons. The quantitative estimate of drug-likeness (QED) is 0.243. The zero-order valence-corrected chi connectivity index (χ0v) is 18.6. The molecule has 1 aromatic heterocycles. The molecule has 5 heteroatoms. The number of amides is 1. The van der Waals surface area contributed by atoms with Gasteiger partial charge in [-0.2, -0.15) is 0 Å². The highest BCUT2D eigenvalue weighted by Crippen LogP contribution is 2.44. The number of carbonyl (C=O) groups excluding carboxylic acids is 2. The summed E-state index contributed by atoms with van der Waals surface area (Å²) in [5, 5.41) is 13.2. The first-order valence-corrected chi connectivity index (χ1v) is 10.8. The van der Waals surface area contributed by atoms with Crippen LogP contribution in [0.5, 0.6) is 0 Å². The van der Waals surface area contributed by atoms with Crippen LogP contribution in [0.2, 0.25) is 0 Å². The minimum Gasteiger partial charge on any atom is -0.507 e. The maximum Gasteiger partial charge on any atom is 0.300 e. The number of Topliss-reactive ketones (excluding diaryl/α,β-unsaturated/α-hetero) is 1. The molecule has 2 heterocycles. The van der Waals surface area contributed by atoms with E-state index in [1.54, 1.807) is 25.1 Å². The number of aryl methyl sites for hydroxylation is 3. The molecule has 1 unspecified atom stereocenters. The number of furan rings is 1. The summed E-state index contributed by atoms with van der Waals surface area (Å²) < 4.78 is 5.89. The Kier molecular flexibility index (Phi) is 4.90. The average Bonchev–Trinajstić information content (AvgIpc) is 3.34. The molecule has 0 aliphatic carbocycles. The topological polar surface area (TPSA) is 70.8 Å². The van der Waals surface area contributed by atoms with Crippen LogP contribution in [0.15, 0.2) is 82.8 Å². The molecule has 1 aliphatic heterocycles. The second kappa shape index (κ2) is 7.78. The van der Waals surface area contributed by atoms with Crippen LogP contribution in [-0.4, -0.2) is 16.8 Å². The largest absolute Gasteiger partial charge is 0.507 e. The lowest BCUT2D eigenvalue weighted by Gasteiger charge is -2.25. The Morgan fingerprint density at radius 1 is 0.909 bits per heavy atom. The molecule has 0 saturated carbocycles. The highest BCUT2D eigenvalue weighted by Gasteiger charge is 2.48. The molecule has 33 heavy (non-hydrogen) atoms. The SMILES string of the molecule is Cc1ccc(N2C(=O)C(=O)/C(=C(\O)c3cccc4ccccc34)C2c2ccc(C)o2)c(C)c1. The second-order valence-electron chi connectivity index (χ2n) is 8.43. The van der Waals surface area contributed by atoms with Gasteiger partial charge in [0.05, 0.1) is 5.57 Å². The number of nitrogens with zero attached hydrogens (tertiary/aromatic N) is 1. The van der Waals surface area contributed by atoms with E-state index >= 15 is 0 Å². The first-order chi connectivity index (χ1) is 15.9. The van der Waals surface area contributed by atoms with Crippen molar-refractivity contribution in [2.24, 2.45) is 0 Å². The zero-order chi connectivity index (χ0) is 23.3. The van der Waals surface area contributed by atoms with Crippen molar-refractivity contribution in [1.29, 1.82) is 0 Å². The minimum absolute atomic E-state index is 0.0191. The maximum absolute atomic E-state index is 13.4. The highest BCUT2D eigenvalue weighted by molar-refractivity contribution is 6.51. The first kappa shape index (κ1) is 20.8. The summed E-state index contributed by atoms with van der Waals surface area (Å²) in [6.07, 6.45) is 0. The molecule has 5 nitrogen and oxygen atoms in total. The van der Waals surface area contributed by atoms with E-state index in [4.69, 9.17) is 4.42 Å². The molecular weight excluding hydrogens is 414 g/mol. The van der Waals surface area contributed by atoms with Gasteiger partial charge in [0.1, 0.15) is 23.3 Å². The predicted molar refractivity (Wildman–Crippen MR) is 128 cm³/mol. The number of ketones is 1. The van der Waals surface area contributed by atoms with Gasteiger partial charge >= 0.3 is 0 Å². The first-order valence-electron chi connectivity index (χ1n) is 10.8. The maximum atomic E-state index is 13.4. The van der Waals surface area contributed by atoms with Gasteiger partial charge in [0.15, 0.2) is 0 Å². The number of hydrogen-bond acceptors (Lipinski definition) is 4. The van der Waals surface area contributed by atoms with Crippen molar-refractivity contribution in [1.82, 2.24) is 0 Å². The van der Waals surface area contributed by atoms with Gasteiger partial charge in [-0.3, -0.25) is 14.5 Å². The number of aliphatic hydroxyl groups excluding tert-OH is 1. The molecule has 1 N–H and O–H groups in total. The number of hydrogen-bond donors (Lipinski definition) is 1. The van der Waals surface area contributed by atoms with Crippen LogP contribution in [0.4, 0.5) is 5.69 Å². The molecule has 1 aliphatic rings. The summed E-state index contributed by atoms with van der Waals surface area (Å²) in [5.74, 6) is -0.562. The van der Waals surface area contributed by atoms with Crippen LogP contribution in [0, 0.1) is 20.8 Å². The summed E-state index contributed by atoms with van der Waals surface area (Å²) >= 11 is 0. The van der Waals surface area contributed by atoms with Crippen LogP contribution < -0.4 is 4.90 Å². The Morgan fingerprint density at radius 2 is 1.67 bits per heavy atom. The molecule has 3 aromatic carbocycles. The van der Waals surface area contributed by atoms with E-state index < -0.39 is 17.7 Å². The molecule has 4 aromatic rings. The van der Waals surface area contributed by atoms with Crippen molar-refractivity contribution in [3.63, 3.8) is 0 Å². The average molecular weight is 437 g/mol. The fourth-order valence-electron chi connectivity index (χ4n) is 4.60. The molecule has 1 amide bonds. The summed E-state index contributed by atoms with van der Waals surface area (Å²) in [4.78, 5) is 28.1. The fraction of sp³-hybridized carbons (Fsp3) is 0.143. The lowest BCUT2D eigenvalue weighted by atomic mass is 9.95. The number of anilines is 1. The van der Waals surface area contributed by atoms with Gasteiger partial charge in [-0.15, -0.1) is 0 Å². The lowest BCUT2D eigenvalue weighted by molar-refractivity contribution is -0.132. The Hall–Kier alpha value is -4.12. The minimum atomic E-state index is -0.876. The van der Waals surface area contributed by atoms with Gasteiger partial charge in [0.25, 0.3) is 11.7 Å². The number of rotatable bonds is 3. The van der Waals surface area contributed by atoms with Crippen LogP contribution in [0.1, 0.15) is 34.3 Å². The number of carbonyl (C=O) groups is 2. The molecule has 0 spiro atoms. The summed E-state index contributed by atoms with van der Waals surface area (Å²) in [6.45, 7) is 5.67. The van der Waals surface area contributed by atoms with E-state index in [0.29, 0.717) is 22.8 Å². The zero-order valence-electron chi connectivity index (χ0n) is 18.6. The van der Waals surface area contributed by atoms with Gasteiger partial charge in [-0.05, 0) is 55.3 Å². The molecule has 0 bridgehead atoms. The normalized spacial score (nSPS) is 17.8. The van der Waals surface area contributed by atoms with Crippen molar-refractivity contribution < 1.29 is 19.1 Å². The van der Waals surface area contributed by atoms with Crippen LogP contribution >= 0.6 is 0 Å². The molecular formula is C28H23NO4. The smallest absolute Gasteiger partial charge is 0.300 e. The van der Waals surface area contributed by atoms with Crippen molar-refractivity contribution in [2.75, 3.05) is 4.90 Å².